The Morgan fingerprint density at radius 2 is 1.95 bits per heavy atom. The summed E-state index contributed by atoms with van der Waals surface area (Å²) >= 11 is 0. The highest BCUT2D eigenvalue weighted by molar-refractivity contribution is 5.21. The Balaban J connectivity index is 2.89. The molecule has 20 heavy (non-hydrogen) atoms. The van der Waals surface area contributed by atoms with Gasteiger partial charge in [0.1, 0.15) is 11.0 Å². The molecule has 0 aliphatic carbocycles. The predicted octanol–water partition coefficient (Wildman–Crippen LogP) is 2.91. The molecule has 5 nitrogen and oxygen atoms in total. The van der Waals surface area contributed by atoms with Crippen LogP contribution in [0.2, 0.25) is 0 Å². The molecule has 1 heterocycles. The summed E-state index contributed by atoms with van der Waals surface area (Å²) in [4.78, 5) is 0. The summed E-state index contributed by atoms with van der Waals surface area (Å²) < 4.78 is 5.07. The molecule has 0 radical (unpaired) electrons. The number of rotatable bonds is 6. The van der Waals surface area contributed by atoms with Crippen LogP contribution in [0.3, 0.4) is 0 Å². The molecule has 0 unspecified atom stereocenters. The van der Waals surface area contributed by atoms with Gasteiger partial charge >= 0.3 is 0 Å². The van der Waals surface area contributed by atoms with Gasteiger partial charge in [-0.15, -0.1) is 0 Å². The molecule has 0 fully saturated rings. The van der Waals surface area contributed by atoms with Crippen molar-refractivity contribution in [2.75, 3.05) is 0 Å². The first-order chi connectivity index (χ1) is 9.22. The van der Waals surface area contributed by atoms with Crippen LogP contribution >= 0.6 is 0 Å². The van der Waals surface area contributed by atoms with E-state index < -0.39 is 11.0 Å². The molecular formula is C15H21N3O2. The van der Waals surface area contributed by atoms with E-state index in [9.17, 15) is 15.6 Å². The second-order valence-electron chi connectivity index (χ2n) is 6.16. The summed E-state index contributed by atoms with van der Waals surface area (Å²) in [6, 6.07) is 5.83. The Hall–Kier alpha value is -1.85. The third kappa shape index (κ3) is 4.08. The highest BCUT2D eigenvalue weighted by Gasteiger charge is 2.33. The molecule has 0 saturated heterocycles. The van der Waals surface area contributed by atoms with Gasteiger partial charge in [0.2, 0.25) is 0 Å². The van der Waals surface area contributed by atoms with Crippen molar-refractivity contribution in [3.8, 4) is 12.1 Å². The summed E-state index contributed by atoms with van der Waals surface area (Å²) in [5.74, 6) is 0.765. The SMILES string of the molecule is CC(C)CCC(C#N)(C#N)Cc1cc(C(C)(C)O)on1. The second-order valence-corrected chi connectivity index (χ2v) is 6.16. The topological polar surface area (TPSA) is 93.8 Å². The lowest BCUT2D eigenvalue weighted by Gasteiger charge is -2.18. The predicted molar refractivity (Wildman–Crippen MR) is 73.2 cm³/mol. The molecule has 5 heteroatoms. The molecule has 0 aliphatic heterocycles. The first-order valence-corrected chi connectivity index (χ1v) is 6.73. The largest absolute Gasteiger partial charge is 0.382 e. The van der Waals surface area contributed by atoms with Crippen LogP contribution < -0.4 is 0 Å². The van der Waals surface area contributed by atoms with Crippen molar-refractivity contribution < 1.29 is 9.63 Å². The lowest BCUT2D eigenvalue weighted by atomic mass is 9.80. The number of nitrogens with zero attached hydrogens (tertiary/aromatic N) is 3. The summed E-state index contributed by atoms with van der Waals surface area (Å²) in [7, 11) is 0. The molecule has 0 atom stereocenters. The van der Waals surface area contributed by atoms with E-state index in [2.05, 4.69) is 31.1 Å². The average Bonchev–Trinajstić information content (AvgIpc) is 2.82. The molecule has 0 spiro atoms. The maximum absolute atomic E-state index is 9.83. The van der Waals surface area contributed by atoms with E-state index in [4.69, 9.17) is 4.52 Å². The Morgan fingerprint density at radius 1 is 1.35 bits per heavy atom. The van der Waals surface area contributed by atoms with E-state index in [-0.39, 0.29) is 6.42 Å². The Morgan fingerprint density at radius 3 is 2.35 bits per heavy atom. The number of aliphatic hydroxyl groups is 1. The Bertz CT molecular complexity index is 513. The fraction of sp³-hybridized carbons (Fsp3) is 0.667. The van der Waals surface area contributed by atoms with E-state index in [1.807, 2.05) is 0 Å². The van der Waals surface area contributed by atoms with E-state index in [0.717, 1.165) is 6.42 Å². The first-order valence-electron chi connectivity index (χ1n) is 6.73. The average molecular weight is 275 g/mol. The standard InChI is InChI=1S/C15H21N3O2/c1-11(2)5-6-15(9-16,10-17)8-12-7-13(20-18-12)14(3,4)19/h7,11,19H,5-6,8H2,1-4H3. The number of nitriles is 2. The second kappa shape index (κ2) is 6.07. The van der Waals surface area contributed by atoms with Crippen LogP contribution in [0.25, 0.3) is 0 Å². The molecule has 108 valence electrons. The highest BCUT2D eigenvalue weighted by atomic mass is 16.5. The Labute approximate surface area is 119 Å². The van der Waals surface area contributed by atoms with Gasteiger partial charge < -0.3 is 9.63 Å². The van der Waals surface area contributed by atoms with Gasteiger partial charge in [-0.25, -0.2) is 0 Å². The van der Waals surface area contributed by atoms with Crippen molar-refractivity contribution in [2.45, 2.75) is 52.6 Å². The molecule has 0 amide bonds. The summed E-state index contributed by atoms with van der Waals surface area (Å²) in [5, 5.41) is 32.4. The van der Waals surface area contributed by atoms with Crippen LogP contribution in [0, 0.1) is 34.0 Å². The van der Waals surface area contributed by atoms with Crippen LogP contribution in [-0.4, -0.2) is 10.3 Å². The lowest BCUT2D eigenvalue weighted by Crippen LogP contribution is -2.20. The van der Waals surface area contributed by atoms with Crippen molar-refractivity contribution in [2.24, 2.45) is 11.3 Å². The normalized spacial score (nSPS) is 12.2. The van der Waals surface area contributed by atoms with Gasteiger partial charge in [0.05, 0.1) is 17.8 Å². The van der Waals surface area contributed by atoms with Crippen molar-refractivity contribution in [1.29, 1.82) is 10.5 Å². The lowest BCUT2D eigenvalue weighted by molar-refractivity contribution is 0.0474. The third-order valence-electron chi connectivity index (χ3n) is 3.22. The van der Waals surface area contributed by atoms with Crippen LogP contribution in [0.4, 0.5) is 0 Å². The van der Waals surface area contributed by atoms with Crippen molar-refractivity contribution >= 4 is 0 Å². The molecule has 1 aromatic rings. The van der Waals surface area contributed by atoms with Gasteiger partial charge in [-0.2, -0.15) is 10.5 Å². The van der Waals surface area contributed by atoms with Crippen LogP contribution in [-0.2, 0) is 12.0 Å². The summed E-state index contributed by atoms with van der Waals surface area (Å²) in [6.07, 6.45) is 1.52. The first kappa shape index (κ1) is 16.2. The van der Waals surface area contributed by atoms with Crippen molar-refractivity contribution in [3.05, 3.63) is 17.5 Å². The minimum Gasteiger partial charge on any atom is -0.382 e. The smallest absolute Gasteiger partial charge is 0.167 e. The zero-order valence-electron chi connectivity index (χ0n) is 12.5. The molecule has 0 bridgehead atoms. The summed E-state index contributed by atoms with van der Waals surface area (Å²) in [6.45, 7) is 7.31. The van der Waals surface area contributed by atoms with E-state index in [1.54, 1.807) is 19.9 Å². The van der Waals surface area contributed by atoms with Crippen LogP contribution in [0.1, 0.15) is 52.0 Å². The number of hydrogen-bond donors (Lipinski definition) is 1. The number of aromatic nitrogens is 1. The van der Waals surface area contributed by atoms with Gasteiger partial charge in [0.25, 0.3) is 0 Å². The zero-order valence-corrected chi connectivity index (χ0v) is 12.5. The highest BCUT2D eigenvalue weighted by Crippen LogP contribution is 2.30. The van der Waals surface area contributed by atoms with Gasteiger partial charge in [0.15, 0.2) is 5.76 Å². The van der Waals surface area contributed by atoms with Gasteiger partial charge in [-0.1, -0.05) is 19.0 Å². The van der Waals surface area contributed by atoms with Crippen LogP contribution in [0.15, 0.2) is 10.6 Å². The molecular weight excluding hydrogens is 254 g/mol. The van der Waals surface area contributed by atoms with Crippen molar-refractivity contribution in [3.63, 3.8) is 0 Å². The van der Waals surface area contributed by atoms with Crippen LogP contribution in [0.5, 0.6) is 0 Å². The fourth-order valence-electron chi connectivity index (χ4n) is 1.83. The molecule has 0 aromatic carbocycles. The molecule has 0 aliphatic rings. The van der Waals surface area contributed by atoms with Gasteiger partial charge in [-0.3, -0.25) is 0 Å². The van der Waals surface area contributed by atoms with E-state index >= 15 is 0 Å². The van der Waals surface area contributed by atoms with Gasteiger partial charge in [-0.05, 0) is 32.6 Å². The minimum absolute atomic E-state index is 0.215. The minimum atomic E-state index is -1.12. The fourth-order valence-corrected chi connectivity index (χ4v) is 1.83. The van der Waals surface area contributed by atoms with Crippen molar-refractivity contribution in [1.82, 2.24) is 5.16 Å². The molecule has 0 saturated carbocycles. The van der Waals surface area contributed by atoms with E-state index in [1.165, 1.54) is 0 Å². The Kier molecular flexibility index (Phi) is 4.92. The van der Waals surface area contributed by atoms with Gasteiger partial charge in [0, 0.05) is 12.5 Å². The molecule has 1 rings (SSSR count). The quantitative estimate of drug-likeness (QED) is 0.861. The van der Waals surface area contributed by atoms with E-state index in [0.29, 0.717) is 23.8 Å². The molecule has 1 aromatic heterocycles. The third-order valence-corrected chi connectivity index (χ3v) is 3.22. The monoisotopic (exact) mass is 275 g/mol. The summed E-state index contributed by atoms with van der Waals surface area (Å²) in [5.41, 5.74) is -1.68. The zero-order chi connectivity index (χ0) is 15.4. The number of hydrogen-bond acceptors (Lipinski definition) is 5. The maximum atomic E-state index is 9.83. The maximum Gasteiger partial charge on any atom is 0.167 e. The molecule has 1 N–H and O–H groups in total.